The number of rotatable bonds is 2. The van der Waals surface area contributed by atoms with Crippen LogP contribution in [0, 0.1) is 28.6 Å². The van der Waals surface area contributed by atoms with Crippen molar-refractivity contribution in [2.45, 2.75) is 71.6 Å². The Hall–Kier alpha value is -1.25. The van der Waals surface area contributed by atoms with Crippen LogP contribution in [0.3, 0.4) is 0 Å². The Balaban J connectivity index is 1.71. The summed E-state index contributed by atoms with van der Waals surface area (Å²) in [7, 11) is 0. The van der Waals surface area contributed by atoms with Crippen molar-refractivity contribution in [2.75, 3.05) is 0 Å². The van der Waals surface area contributed by atoms with Crippen LogP contribution in [0.4, 0.5) is 0 Å². The number of aliphatic carboxylic acids is 1. The molecule has 0 aliphatic heterocycles. The summed E-state index contributed by atoms with van der Waals surface area (Å²) in [4.78, 5) is 11.5. The predicted molar refractivity (Wildman–Crippen MR) is 92.8 cm³/mol. The van der Waals surface area contributed by atoms with Crippen molar-refractivity contribution in [3.63, 3.8) is 0 Å². The second-order valence-electron chi connectivity index (χ2n) is 9.28. The highest BCUT2D eigenvalue weighted by Crippen LogP contribution is 2.65. The Bertz CT molecular complexity index is 647. The Morgan fingerprint density at radius 1 is 1.33 bits per heavy atom. The number of furan rings is 1. The van der Waals surface area contributed by atoms with E-state index in [1.165, 1.54) is 37.0 Å². The largest absolute Gasteiger partial charge is 0.481 e. The molecule has 3 aliphatic carbocycles. The molecular weight excluding hydrogens is 300 g/mol. The molecule has 132 valence electrons. The number of carboxylic acid groups (broad SMARTS) is 1. The van der Waals surface area contributed by atoms with Gasteiger partial charge in [-0.05, 0) is 71.8 Å². The van der Waals surface area contributed by atoms with E-state index in [2.05, 4.69) is 26.8 Å². The molecule has 0 radical (unpaired) electrons. The summed E-state index contributed by atoms with van der Waals surface area (Å²) in [6, 6.07) is 2.17. The Morgan fingerprint density at radius 3 is 2.88 bits per heavy atom. The quantitative estimate of drug-likeness (QED) is 0.805. The van der Waals surface area contributed by atoms with E-state index in [0.717, 1.165) is 18.8 Å². The smallest absolute Gasteiger partial charge is 0.303 e. The minimum Gasteiger partial charge on any atom is -0.481 e. The van der Waals surface area contributed by atoms with Crippen molar-refractivity contribution in [1.29, 1.82) is 0 Å². The second-order valence-corrected chi connectivity index (χ2v) is 9.28. The van der Waals surface area contributed by atoms with Crippen LogP contribution < -0.4 is 0 Å². The molecule has 0 amide bonds. The topological polar surface area (TPSA) is 50.4 Å². The van der Waals surface area contributed by atoms with E-state index in [-0.39, 0.29) is 10.8 Å². The monoisotopic (exact) mass is 330 g/mol. The molecule has 0 spiro atoms. The van der Waals surface area contributed by atoms with Crippen LogP contribution in [0.15, 0.2) is 16.7 Å². The van der Waals surface area contributed by atoms with Gasteiger partial charge in [0, 0.05) is 6.42 Å². The van der Waals surface area contributed by atoms with Crippen molar-refractivity contribution in [3.05, 3.63) is 23.7 Å². The first-order valence-electron chi connectivity index (χ1n) is 9.63. The molecule has 1 heterocycles. The Morgan fingerprint density at radius 2 is 2.12 bits per heavy atom. The number of carboxylic acids is 1. The first kappa shape index (κ1) is 16.2. The minimum absolute atomic E-state index is 0.0452. The molecule has 0 unspecified atom stereocenters. The zero-order valence-corrected chi connectivity index (χ0v) is 15.2. The number of carbonyl (C=O) groups is 1. The summed E-state index contributed by atoms with van der Waals surface area (Å²) in [6.07, 6.45) is 9.15. The first-order chi connectivity index (χ1) is 11.3. The molecule has 1 aromatic heterocycles. The molecule has 0 aromatic carbocycles. The Labute approximate surface area is 144 Å². The lowest BCUT2D eigenvalue weighted by Gasteiger charge is -2.61. The van der Waals surface area contributed by atoms with Gasteiger partial charge in [-0.3, -0.25) is 4.79 Å². The number of fused-ring (bicyclic) bond motifs is 4. The van der Waals surface area contributed by atoms with Gasteiger partial charge in [-0.1, -0.05) is 27.2 Å². The normalized spacial score (nSPS) is 44.3. The summed E-state index contributed by atoms with van der Waals surface area (Å²) >= 11 is 0. The van der Waals surface area contributed by atoms with E-state index in [4.69, 9.17) is 4.42 Å². The summed E-state index contributed by atoms with van der Waals surface area (Å²) in [5, 5.41) is 9.47. The predicted octanol–water partition coefficient (Wildman–Crippen LogP) is 5.25. The van der Waals surface area contributed by atoms with Gasteiger partial charge in [-0.2, -0.15) is 0 Å². The van der Waals surface area contributed by atoms with Gasteiger partial charge in [0.1, 0.15) is 5.76 Å². The standard InChI is InChI=1S/C21H30O3/c1-13-14-5-6-18-20(2,12-19(22)23)8-4-9-21(18,3)16(14)11-17-15(13)7-10-24-17/h7,10,13-14,16,18H,4-6,8-9,11-12H2,1-3H3,(H,22,23)/t13-,14+,16-,18+,20-,21-/m1/s1. The fourth-order valence-corrected chi connectivity index (χ4v) is 7.08. The fourth-order valence-electron chi connectivity index (χ4n) is 7.08. The SMILES string of the molecule is C[C@H]1c2ccoc2C[C@@H]2[C@H]1CC[C@H]1[C@@](C)(CC(=O)O)CCC[C@]21C. The lowest BCUT2D eigenvalue weighted by Crippen LogP contribution is -2.55. The van der Waals surface area contributed by atoms with Crippen molar-refractivity contribution >= 4 is 5.97 Å². The molecule has 3 aliphatic rings. The fraction of sp³-hybridized carbons (Fsp3) is 0.762. The van der Waals surface area contributed by atoms with Crippen LogP contribution >= 0.6 is 0 Å². The molecule has 6 atom stereocenters. The van der Waals surface area contributed by atoms with Crippen LogP contribution in [0.25, 0.3) is 0 Å². The summed E-state index contributed by atoms with van der Waals surface area (Å²) < 4.78 is 5.82. The van der Waals surface area contributed by atoms with Crippen molar-refractivity contribution in [3.8, 4) is 0 Å². The number of hydrogen-bond donors (Lipinski definition) is 1. The molecular formula is C21H30O3. The molecule has 1 N–H and O–H groups in total. The van der Waals surface area contributed by atoms with Crippen molar-refractivity contribution in [2.24, 2.45) is 28.6 Å². The third-order valence-electron chi connectivity index (χ3n) is 8.13. The average molecular weight is 330 g/mol. The Kier molecular flexibility index (Phi) is 3.63. The molecule has 0 saturated heterocycles. The van der Waals surface area contributed by atoms with Gasteiger partial charge in [0.15, 0.2) is 0 Å². The van der Waals surface area contributed by atoms with Gasteiger partial charge in [-0.25, -0.2) is 0 Å². The van der Waals surface area contributed by atoms with E-state index in [1.54, 1.807) is 0 Å². The third kappa shape index (κ3) is 2.19. The summed E-state index contributed by atoms with van der Waals surface area (Å²) in [5.74, 6) is 3.02. The zero-order chi connectivity index (χ0) is 17.1. The molecule has 4 rings (SSSR count). The summed E-state index contributed by atoms with van der Waals surface area (Å²) in [5.41, 5.74) is 1.63. The van der Waals surface area contributed by atoms with E-state index in [0.29, 0.717) is 24.2 Å². The van der Waals surface area contributed by atoms with E-state index in [9.17, 15) is 9.90 Å². The van der Waals surface area contributed by atoms with Crippen LogP contribution in [-0.4, -0.2) is 11.1 Å². The van der Waals surface area contributed by atoms with Crippen LogP contribution in [0.5, 0.6) is 0 Å². The molecule has 2 saturated carbocycles. The van der Waals surface area contributed by atoms with Crippen molar-refractivity contribution < 1.29 is 14.3 Å². The van der Waals surface area contributed by atoms with Gasteiger partial charge < -0.3 is 9.52 Å². The maximum atomic E-state index is 11.5. The summed E-state index contributed by atoms with van der Waals surface area (Å²) in [6.45, 7) is 7.08. The highest BCUT2D eigenvalue weighted by Gasteiger charge is 2.58. The third-order valence-corrected chi connectivity index (χ3v) is 8.13. The lowest BCUT2D eigenvalue weighted by molar-refractivity contribution is -0.150. The van der Waals surface area contributed by atoms with E-state index in [1.807, 2.05) is 6.26 Å². The van der Waals surface area contributed by atoms with E-state index < -0.39 is 5.97 Å². The van der Waals surface area contributed by atoms with Gasteiger partial charge in [0.25, 0.3) is 0 Å². The van der Waals surface area contributed by atoms with Crippen molar-refractivity contribution in [1.82, 2.24) is 0 Å². The molecule has 2 fully saturated rings. The van der Waals surface area contributed by atoms with Crippen LogP contribution in [0.1, 0.15) is 76.5 Å². The maximum Gasteiger partial charge on any atom is 0.303 e. The zero-order valence-electron chi connectivity index (χ0n) is 15.2. The molecule has 1 aromatic rings. The minimum atomic E-state index is -0.630. The van der Waals surface area contributed by atoms with Crippen LogP contribution in [-0.2, 0) is 11.2 Å². The molecule has 24 heavy (non-hydrogen) atoms. The second kappa shape index (κ2) is 5.37. The highest BCUT2D eigenvalue weighted by atomic mass is 16.4. The number of hydrogen-bond acceptors (Lipinski definition) is 2. The van der Waals surface area contributed by atoms with Gasteiger partial charge >= 0.3 is 5.97 Å². The van der Waals surface area contributed by atoms with Gasteiger partial charge in [-0.15, -0.1) is 0 Å². The first-order valence-corrected chi connectivity index (χ1v) is 9.63. The average Bonchev–Trinajstić information content (AvgIpc) is 2.96. The maximum absolute atomic E-state index is 11.5. The highest BCUT2D eigenvalue weighted by molar-refractivity contribution is 5.67. The van der Waals surface area contributed by atoms with E-state index >= 15 is 0 Å². The van der Waals surface area contributed by atoms with Gasteiger partial charge in [0.05, 0.1) is 12.7 Å². The lowest BCUT2D eigenvalue weighted by atomic mass is 9.43. The molecule has 3 nitrogen and oxygen atoms in total. The van der Waals surface area contributed by atoms with Gasteiger partial charge in [0.2, 0.25) is 0 Å². The molecule has 3 heteroatoms. The molecule has 0 bridgehead atoms. The van der Waals surface area contributed by atoms with Crippen LogP contribution in [0.2, 0.25) is 0 Å².